The Hall–Kier alpha value is -3.55. The van der Waals surface area contributed by atoms with Gasteiger partial charge in [0.1, 0.15) is 17.7 Å². The van der Waals surface area contributed by atoms with Crippen LogP contribution in [0, 0.1) is 13.8 Å². The van der Waals surface area contributed by atoms with Gasteiger partial charge in [0.25, 0.3) is 21.9 Å². The summed E-state index contributed by atoms with van der Waals surface area (Å²) >= 11 is 0. The lowest BCUT2D eigenvalue weighted by Crippen LogP contribution is -2.35. The van der Waals surface area contributed by atoms with Crippen LogP contribution in [0.4, 0.5) is 11.5 Å². The third-order valence-electron chi connectivity index (χ3n) is 4.99. The number of amides is 2. The first-order chi connectivity index (χ1) is 15.6. The Kier molecular flexibility index (Phi) is 6.95. The first kappa shape index (κ1) is 24.1. The highest BCUT2D eigenvalue weighted by Gasteiger charge is 2.24. The van der Waals surface area contributed by atoms with Crippen molar-refractivity contribution >= 4 is 39.0 Å². The topological polar surface area (TPSA) is 155 Å². The van der Waals surface area contributed by atoms with Crippen LogP contribution in [-0.2, 0) is 15.0 Å². The summed E-state index contributed by atoms with van der Waals surface area (Å²) in [5.74, 6) is -1.43. The van der Waals surface area contributed by atoms with Gasteiger partial charge in [0.15, 0.2) is 5.82 Å². The van der Waals surface area contributed by atoms with Crippen molar-refractivity contribution in [1.82, 2.24) is 25.0 Å². The zero-order chi connectivity index (χ0) is 24.3. The minimum atomic E-state index is -4.38. The lowest BCUT2D eigenvalue weighted by Gasteiger charge is -2.18. The molecule has 0 saturated carbocycles. The molecule has 0 unspecified atom stereocenters. The van der Waals surface area contributed by atoms with Gasteiger partial charge >= 0.3 is 0 Å². The third kappa shape index (κ3) is 5.27. The molecule has 0 spiro atoms. The van der Waals surface area contributed by atoms with Gasteiger partial charge in [0.05, 0.1) is 12.7 Å². The molecule has 1 aromatic carbocycles. The van der Waals surface area contributed by atoms with Gasteiger partial charge in [-0.15, -0.1) is 0 Å². The van der Waals surface area contributed by atoms with Crippen LogP contribution in [0.1, 0.15) is 38.8 Å². The van der Waals surface area contributed by atoms with Gasteiger partial charge in [-0.05, 0) is 44.0 Å². The number of nitrogens with zero attached hydrogens (tertiary/aromatic N) is 4. The van der Waals surface area contributed by atoms with E-state index in [1.807, 2.05) is 6.92 Å². The number of benzene rings is 1. The summed E-state index contributed by atoms with van der Waals surface area (Å²) in [6.07, 6.45) is 2.78. The Morgan fingerprint density at radius 2 is 2.00 bits per heavy atom. The minimum absolute atomic E-state index is 0.0799. The second-order valence-corrected chi connectivity index (χ2v) is 8.65. The fourth-order valence-corrected chi connectivity index (χ4v) is 4.00. The second-order valence-electron chi connectivity index (χ2n) is 7.23. The Balaban J connectivity index is 2.02. The summed E-state index contributed by atoms with van der Waals surface area (Å²) < 4.78 is 33.2. The highest BCUT2D eigenvalue weighted by molar-refractivity contribution is 7.85. The van der Waals surface area contributed by atoms with Gasteiger partial charge in [-0.3, -0.25) is 19.0 Å². The van der Waals surface area contributed by atoms with Crippen molar-refractivity contribution in [3.63, 3.8) is 0 Å². The number of nitrogens with one attached hydrogen (secondary N) is 2. The Bertz CT molecular complexity index is 1320. The Morgan fingerprint density at radius 3 is 2.64 bits per heavy atom. The van der Waals surface area contributed by atoms with E-state index in [0.29, 0.717) is 28.1 Å². The van der Waals surface area contributed by atoms with Crippen LogP contribution in [0.25, 0.3) is 5.52 Å². The van der Waals surface area contributed by atoms with Gasteiger partial charge in [-0.2, -0.15) is 13.5 Å². The molecule has 12 nitrogen and oxygen atoms in total. The average Bonchev–Trinajstić information content (AvgIpc) is 3.10. The molecule has 2 amide bonds. The number of carbonyl (C=O) groups is 2. The molecule has 0 aliphatic heterocycles. The molecule has 2 heterocycles. The zero-order valence-corrected chi connectivity index (χ0v) is 19.3. The van der Waals surface area contributed by atoms with E-state index in [1.54, 1.807) is 32.0 Å². The highest BCUT2D eigenvalue weighted by atomic mass is 32.2. The molecule has 3 rings (SSSR count). The molecule has 3 N–H and O–H groups in total. The van der Waals surface area contributed by atoms with Crippen molar-refractivity contribution < 1.29 is 27.4 Å². The Labute approximate surface area is 190 Å². The molecule has 0 aliphatic rings. The van der Waals surface area contributed by atoms with Crippen molar-refractivity contribution in [2.45, 2.75) is 20.8 Å². The molecule has 33 heavy (non-hydrogen) atoms. The van der Waals surface area contributed by atoms with E-state index in [9.17, 15) is 18.0 Å². The molecule has 0 bridgehead atoms. The minimum Gasteiger partial charge on any atom is -0.338 e. The summed E-state index contributed by atoms with van der Waals surface area (Å²) in [5.41, 5.74) is 5.30. The molecular formula is C20H24N6O6S. The van der Waals surface area contributed by atoms with Crippen LogP contribution >= 0.6 is 0 Å². The van der Waals surface area contributed by atoms with Crippen molar-refractivity contribution in [1.29, 1.82) is 0 Å². The smallest absolute Gasteiger partial charge is 0.283 e. The summed E-state index contributed by atoms with van der Waals surface area (Å²) in [6.45, 7) is 5.23. The van der Waals surface area contributed by atoms with E-state index >= 15 is 0 Å². The molecule has 0 radical (unpaired) electrons. The zero-order valence-electron chi connectivity index (χ0n) is 18.5. The number of hydrogen-bond donors (Lipinski definition) is 3. The number of rotatable bonds is 8. The number of hydrogen-bond acceptors (Lipinski definition) is 8. The third-order valence-corrected chi connectivity index (χ3v) is 5.63. The molecule has 2 aromatic heterocycles. The van der Waals surface area contributed by atoms with Gasteiger partial charge < -0.3 is 10.2 Å². The largest absolute Gasteiger partial charge is 0.338 e. The van der Waals surface area contributed by atoms with E-state index in [4.69, 9.17) is 4.55 Å². The standard InChI is InChI=1S/C20H24N6O6S/c1-5-25(11-33(29,30)31)20(28)15-9-26-17(13(15)3)18(21-10-22-26)23-16-8-14(7-6-12(16)2)19(27)24-32-4/h6-10H,5,11H2,1-4H3,(H,24,27)(H,21,22,23)(H,29,30,31). The summed E-state index contributed by atoms with van der Waals surface area (Å²) in [4.78, 5) is 35.0. The number of hydroxylamine groups is 1. The highest BCUT2D eigenvalue weighted by Crippen LogP contribution is 2.28. The fraction of sp³-hybridized carbons (Fsp3) is 0.300. The molecule has 0 atom stereocenters. The molecule has 0 saturated heterocycles. The number of aryl methyl sites for hydroxylation is 2. The van der Waals surface area contributed by atoms with E-state index < -0.39 is 27.8 Å². The number of carbonyl (C=O) groups excluding carboxylic acids is 2. The number of fused-ring (bicyclic) bond motifs is 1. The Morgan fingerprint density at radius 1 is 1.27 bits per heavy atom. The first-order valence-corrected chi connectivity index (χ1v) is 11.4. The van der Waals surface area contributed by atoms with Gasteiger partial charge in [0, 0.05) is 24.0 Å². The lowest BCUT2D eigenvalue weighted by molar-refractivity contribution is 0.0537. The van der Waals surface area contributed by atoms with Crippen molar-refractivity contribution in [2.75, 3.05) is 24.8 Å². The maximum atomic E-state index is 13.0. The predicted molar refractivity (Wildman–Crippen MR) is 120 cm³/mol. The van der Waals surface area contributed by atoms with Crippen LogP contribution in [0.5, 0.6) is 0 Å². The molecule has 176 valence electrons. The van der Waals surface area contributed by atoms with Crippen molar-refractivity contribution in [2.24, 2.45) is 0 Å². The second kappa shape index (κ2) is 9.52. The normalized spacial score (nSPS) is 11.4. The van der Waals surface area contributed by atoms with Crippen LogP contribution in [0.3, 0.4) is 0 Å². The SMILES string of the molecule is CCN(CS(=O)(=O)O)C(=O)c1cn2ncnc(Nc3cc(C(=O)NOC)ccc3C)c2c1C. The first-order valence-electron chi connectivity index (χ1n) is 9.84. The average molecular weight is 477 g/mol. The molecule has 13 heteroatoms. The van der Waals surface area contributed by atoms with E-state index in [0.717, 1.165) is 10.5 Å². The quantitative estimate of drug-likeness (QED) is 0.325. The molecular weight excluding hydrogens is 452 g/mol. The molecule has 3 aromatic rings. The van der Waals surface area contributed by atoms with Gasteiger partial charge in [-0.1, -0.05) is 6.07 Å². The molecule has 0 fully saturated rings. The van der Waals surface area contributed by atoms with Crippen molar-refractivity contribution in [3.05, 3.63) is 53.0 Å². The maximum Gasteiger partial charge on any atom is 0.283 e. The van der Waals surface area contributed by atoms with E-state index in [1.165, 1.54) is 24.1 Å². The van der Waals surface area contributed by atoms with Crippen molar-refractivity contribution in [3.8, 4) is 0 Å². The van der Waals surface area contributed by atoms with E-state index in [-0.39, 0.29) is 12.1 Å². The summed E-state index contributed by atoms with van der Waals surface area (Å²) in [5, 5.41) is 7.32. The van der Waals surface area contributed by atoms with Crippen LogP contribution in [0.2, 0.25) is 0 Å². The number of aromatic nitrogens is 3. The monoisotopic (exact) mass is 476 g/mol. The van der Waals surface area contributed by atoms with Crippen LogP contribution in [-0.4, -0.2) is 63.8 Å². The summed E-state index contributed by atoms with van der Waals surface area (Å²) in [7, 11) is -3.04. The molecule has 0 aliphatic carbocycles. The van der Waals surface area contributed by atoms with Crippen LogP contribution < -0.4 is 10.8 Å². The maximum absolute atomic E-state index is 13.0. The summed E-state index contributed by atoms with van der Waals surface area (Å²) in [6, 6.07) is 5.05. The van der Waals surface area contributed by atoms with E-state index in [2.05, 4.69) is 25.7 Å². The number of anilines is 2. The fourth-order valence-electron chi connectivity index (χ4n) is 3.31. The van der Waals surface area contributed by atoms with Gasteiger partial charge in [0.2, 0.25) is 0 Å². The predicted octanol–water partition coefficient (Wildman–Crippen LogP) is 1.69. The van der Waals surface area contributed by atoms with Crippen LogP contribution in [0.15, 0.2) is 30.7 Å². The van der Waals surface area contributed by atoms with Gasteiger partial charge in [-0.25, -0.2) is 15.0 Å². The lowest BCUT2D eigenvalue weighted by atomic mass is 10.1.